The van der Waals surface area contributed by atoms with Gasteiger partial charge in [-0.15, -0.1) is 0 Å². The third-order valence-corrected chi connectivity index (χ3v) is 4.63. The van der Waals surface area contributed by atoms with Gasteiger partial charge in [-0.1, -0.05) is 24.3 Å². The van der Waals surface area contributed by atoms with Crippen molar-refractivity contribution in [2.45, 2.75) is 0 Å². The first-order valence-corrected chi connectivity index (χ1v) is 9.14. The Labute approximate surface area is 173 Å². The third-order valence-electron chi connectivity index (χ3n) is 4.63. The summed E-state index contributed by atoms with van der Waals surface area (Å²) in [6, 6.07) is 16.9. The maximum atomic E-state index is 9.19. The van der Waals surface area contributed by atoms with Gasteiger partial charge in [-0.25, -0.2) is 0 Å². The summed E-state index contributed by atoms with van der Waals surface area (Å²) in [5.74, 6) is 1.54. The zero-order valence-corrected chi connectivity index (χ0v) is 16.7. The molecule has 0 spiro atoms. The van der Waals surface area contributed by atoms with Crippen molar-refractivity contribution in [1.29, 1.82) is 0 Å². The lowest BCUT2D eigenvalue weighted by molar-refractivity contribution is 0.324. The first-order valence-electron chi connectivity index (χ1n) is 9.14. The minimum absolute atomic E-state index is 0.322. The fraction of sp³-hybridized carbons (Fsp3) is 0.136. The minimum atomic E-state index is 0.322. The van der Waals surface area contributed by atoms with E-state index in [0.29, 0.717) is 45.7 Å². The zero-order chi connectivity index (χ0) is 21.1. The molecule has 8 heteroatoms. The molecule has 4 aromatic rings. The number of nitrogens with one attached hydrogen (secondary N) is 2. The fourth-order valence-corrected chi connectivity index (χ4v) is 3.26. The summed E-state index contributed by atoms with van der Waals surface area (Å²) in [5.41, 5.74) is 6.48. The van der Waals surface area contributed by atoms with Crippen molar-refractivity contribution in [2.24, 2.45) is 0 Å². The molecule has 0 amide bonds. The van der Waals surface area contributed by atoms with Gasteiger partial charge >= 0.3 is 0 Å². The minimum Gasteiger partial charge on any atom is -0.493 e. The molecule has 0 saturated carbocycles. The average molecular weight is 407 g/mol. The summed E-state index contributed by atoms with van der Waals surface area (Å²) in [4.78, 5) is 4.53. The molecule has 0 saturated heterocycles. The van der Waals surface area contributed by atoms with E-state index in [0.717, 1.165) is 11.1 Å². The molecule has 0 atom stereocenters. The van der Waals surface area contributed by atoms with Gasteiger partial charge in [0.1, 0.15) is 5.52 Å². The molecule has 0 unspecified atom stereocenters. The topological polar surface area (TPSA) is 98.0 Å². The predicted octanol–water partition coefficient (Wildman–Crippen LogP) is 5.07. The van der Waals surface area contributed by atoms with Gasteiger partial charge in [-0.3, -0.25) is 10.7 Å². The van der Waals surface area contributed by atoms with Crippen molar-refractivity contribution >= 4 is 28.5 Å². The van der Waals surface area contributed by atoms with Gasteiger partial charge < -0.3 is 23.9 Å². The van der Waals surface area contributed by atoms with Gasteiger partial charge in [0, 0.05) is 23.4 Å². The molecule has 0 fully saturated rings. The number of para-hydroxylation sites is 1. The number of hydrogen-bond donors (Lipinski definition) is 3. The molecule has 8 nitrogen and oxygen atoms in total. The van der Waals surface area contributed by atoms with E-state index in [-0.39, 0.29) is 0 Å². The van der Waals surface area contributed by atoms with Crippen LogP contribution < -0.4 is 25.0 Å². The van der Waals surface area contributed by atoms with E-state index < -0.39 is 0 Å². The average Bonchev–Trinajstić information content (AvgIpc) is 3.20. The number of hydrogen-bond acceptors (Lipinski definition) is 8. The van der Waals surface area contributed by atoms with Crippen molar-refractivity contribution in [3.05, 3.63) is 54.6 Å². The van der Waals surface area contributed by atoms with Crippen molar-refractivity contribution in [3.63, 3.8) is 0 Å². The van der Waals surface area contributed by atoms with Gasteiger partial charge in [0.05, 0.1) is 27.0 Å². The molecule has 0 radical (unpaired) electrons. The van der Waals surface area contributed by atoms with Gasteiger partial charge in [-0.2, -0.15) is 4.98 Å². The monoisotopic (exact) mass is 407 g/mol. The second-order valence-corrected chi connectivity index (χ2v) is 6.40. The second kappa shape index (κ2) is 8.22. The maximum Gasteiger partial charge on any atom is 0.300 e. The number of ether oxygens (including phenoxy) is 3. The Morgan fingerprint density at radius 1 is 0.867 bits per heavy atom. The molecular formula is C22H21N3O5. The highest BCUT2D eigenvalue weighted by Gasteiger charge is 2.16. The summed E-state index contributed by atoms with van der Waals surface area (Å²) in [6.07, 6.45) is 0. The van der Waals surface area contributed by atoms with Crippen LogP contribution in [0.5, 0.6) is 17.2 Å². The van der Waals surface area contributed by atoms with E-state index in [1.165, 1.54) is 0 Å². The Bertz CT molecular complexity index is 1160. The highest BCUT2D eigenvalue weighted by Crippen LogP contribution is 2.41. The number of oxazole rings is 1. The summed E-state index contributed by atoms with van der Waals surface area (Å²) >= 11 is 0. The smallest absolute Gasteiger partial charge is 0.300 e. The molecule has 30 heavy (non-hydrogen) atoms. The molecular weight excluding hydrogens is 386 g/mol. The third kappa shape index (κ3) is 3.56. The van der Waals surface area contributed by atoms with Crippen LogP contribution in [0, 0.1) is 0 Å². The van der Waals surface area contributed by atoms with Gasteiger partial charge in [-0.05, 0) is 23.8 Å². The summed E-state index contributed by atoms with van der Waals surface area (Å²) in [7, 11) is 4.67. The molecule has 154 valence electrons. The Morgan fingerprint density at radius 2 is 1.60 bits per heavy atom. The maximum absolute atomic E-state index is 9.19. The second-order valence-electron chi connectivity index (χ2n) is 6.40. The van der Waals surface area contributed by atoms with Crippen LogP contribution >= 0.6 is 0 Å². The first-order chi connectivity index (χ1) is 14.7. The van der Waals surface area contributed by atoms with Crippen molar-refractivity contribution in [3.8, 4) is 28.4 Å². The summed E-state index contributed by atoms with van der Waals surface area (Å²) in [5, 5.41) is 12.3. The van der Waals surface area contributed by atoms with E-state index in [1.807, 2.05) is 36.4 Å². The quantitative estimate of drug-likeness (QED) is 0.366. The van der Waals surface area contributed by atoms with Crippen molar-refractivity contribution < 1.29 is 23.8 Å². The van der Waals surface area contributed by atoms with Gasteiger partial charge in [0.15, 0.2) is 17.1 Å². The van der Waals surface area contributed by atoms with Crippen LogP contribution in [-0.2, 0) is 0 Å². The van der Waals surface area contributed by atoms with Gasteiger partial charge in [0.25, 0.3) is 6.01 Å². The lowest BCUT2D eigenvalue weighted by Gasteiger charge is -2.14. The Kier molecular flexibility index (Phi) is 5.32. The van der Waals surface area contributed by atoms with Crippen molar-refractivity contribution in [2.75, 3.05) is 32.1 Å². The number of benzene rings is 3. The highest BCUT2D eigenvalue weighted by molar-refractivity contribution is 5.92. The molecule has 1 aromatic heterocycles. The van der Waals surface area contributed by atoms with Crippen LogP contribution in [0.25, 0.3) is 22.2 Å². The van der Waals surface area contributed by atoms with Gasteiger partial charge in [0.2, 0.25) is 5.75 Å². The van der Waals surface area contributed by atoms with Crippen LogP contribution in [0.2, 0.25) is 0 Å². The van der Waals surface area contributed by atoms with Crippen LogP contribution in [0.4, 0.5) is 17.4 Å². The lowest BCUT2D eigenvalue weighted by Crippen LogP contribution is -1.97. The predicted molar refractivity (Wildman–Crippen MR) is 114 cm³/mol. The number of nitrogens with zero attached hydrogens (tertiary/aromatic N) is 1. The molecule has 0 aliphatic carbocycles. The molecule has 0 bridgehead atoms. The normalized spacial score (nSPS) is 10.7. The van der Waals surface area contributed by atoms with Crippen LogP contribution in [0.15, 0.2) is 59.0 Å². The van der Waals surface area contributed by atoms with E-state index in [9.17, 15) is 5.21 Å². The Morgan fingerprint density at radius 3 is 2.27 bits per heavy atom. The molecule has 3 aromatic carbocycles. The van der Waals surface area contributed by atoms with E-state index in [4.69, 9.17) is 18.6 Å². The molecule has 3 N–H and O–H groups in total. The zero-order valence-electron chi connectivity index (χ0n) is 16.7. The van der Waals surface area contributed by atoms with Crippen LogP contribution in [-0.4, -0.2) is 31.5 Å². The van der Waals surface area contributed by atoms with Crippen molar-refractivity contribution in [1.82, 2.24) is 4.98 Å². The number of rotatable bonds is 7. The van der Waals surface area contributed by atoms with E-state index in [1.54, 1.807) is 39.5 Å². The van der Waals surface area contributed by atoms with E-state index >= 15 is 0 Å². The summed E-state index contributed by atoms with van der Waals surface area (Å²) < 4.78 is 22.2. The first kappa shape index (κ1) is 19.4. The summed E-state index contributed by atoms with van der Waals surface area (Å²) in [6.45, 7) is 0. The molecule has 4 rings (SSSR count). The molecule has 0 aliphatic rings. The lowest BCUT2D eigenvalue weighted by atomic mass is 10.0. The van der Waals surface area contributed by atoms with E-state index in [2.05, 4.69) is 15.8 Å². The molecule has 1 heterocycles. The highest BCUT2D eigenvalue weighted by atomic mass is 16.5. The number of anilines is 3. The van der Waals surface area contributed by atoms with Crippen LogP contribution in [0.3, 0.4) is 0 Å². The Balaban J connectivity index is 1.73. The fourth-order valence-electron chi connectivity index (χ4n) is 3.26. The standard InChI is InChI=1S/C22H21N3O5/c1-27-18-11-15(12-19(28-2)21(18)29-3)23-22-24-17-9-5-8-16(20(17)30-22)13-6-4-7-14(10-13)25-26/h4-12,25-26H,1-3H3,(H,23,24). The molecule has 0 aliphatic heterocycles. The Hall–Kier alpha value is -3.91. The van der Waals surface area contributed by atoms with Crippen LogP contribution in [0.1, 0.15) is 0 Å². The largest absolute Gasteiger partial charge is 0.493 e. The SMILES string of the molecule is COc1cc(Nc2nc3cccc(-c4cccc(NO)c4)c3o2)cc(OC)c1OC. The number of fused-ring (bicyclic) bond motifs is 1. The number of aromatic nitrogens is 1. The number of methoxy groups -OCH3 is 3.